The molecular weight excluding hydrogens is 326 g/mol. The van der Waals surface area contributed by atoms with Gasteiger partial charge in [0.05, 0.1) is 0 Å². The largest absolute Gasteiger partial charge is 0.299 e. The van der Waals surface area contributed by atoms with E-state index in [0.29, 0.717) is 17.4 Å². The summed E-state index contributed by atoms with van der Waals surface area (Å²) in [5.74, 6) is 0.713. The molecule has 0 N–H and O–H groups in total. The van der Waals surface area contributed by atoms with Gasteiger partial charge in [0, 0.05) is 12.6 Å². The van der Waals surface area contributed by atoms with E-state index < -0.39 is 0 Å². The SMILES string of the molecule is CC1C2Cc3ccc(C(C)(C)C)cc3C1(C)CCN2CCc1ccccc1. The molecule has 1 fully saturated rings. The summed E-state index contributed by atoms with van der Waals surface area (Å²) in [6, 6.07) is 19.0. The first kappa shape index (κ1) is 18.7. The van der Waals surface area contributed by atoms with E-state index in [1.54, 1.807) is 11.1 Å². The molecule has 0 saturated carbocycles. The van der Waals surface area contributed by atoms with Crippen LogP contribution in [0, 0.1) is 5.92 Å². The van der Waals surface area contributed by atoms with Gasteiger partial charge in [-0.1, -0.05) is 83.1 Å². The average molecular weight is 362 g/mol. The third-order valence-corrected chi connectivity index (χ3v) is 7.52. The van der Waals surface area contributed by atoms with E-state index in [1.165, 1.54) is 37.1 Å². The van der Waals surface area contributed by atoms with Crippen molar-refractivity contribution in [1.82, 2.24) is 4.90 Å². The maximum Gasteiger partial charge on any atom is 0.0170 e. The van der Waals surface area contributed by atoms with Crippen LogP contribution in [0.1, 0.15) is 63.3 Å². The summed E-state index contributed by atoms with van der Waals surface area (Å²) in [5.41, 5.74) is 6.73. The van der Waals surface area contributed by atoms with Crippen molar-refractivity contribution in [3.8, 4) is 0 Å². The lowest BCUT2D eigenvalue weighted by Gasteiger charge is -2.55. The maximum atomic E-state index is 2.78. The Morgan fingerprint density at radius 2 is 1.81 bits per heavy atom. The van der Waals surface area contributed by atoms with E-state index in [0.717, 1.165) is 6.42 Å². The average Bonchev–Trinajstić information content (AvgIpc) is 2.64. The van der Waals surface area contributed by atoms with E-state index in [4.69, 9.17) is 0 Å². The minimum atomic E-state index is 0.224. The minimum absolute atomic E-state index is 0.224. The van der Waals surface area contributed by atoms with Gasteiger partial charge in [0.15, 0.2) is 0 Å². The Balaban J connectivity index is 1.59. The Kier molecular flexibility index (Phi) is 4.71. The van der Waals surface area contributed by atoms with Gasteiger partial charge in [-0.15, -0.1) is 0 Å². The van der Waals surface area contributed by atoms with E-state index in [1.807, 2.05) is 0 Å². The van der Waals surface area contributed by atoms with Crippen LogP contribution in [0.3, 0.4) is 0 Å². The molecule has 1 heterocycles. The summed E-state index contributed by atoms with van der Waals surface area (Å²) in [6.45, 7) is 14.5. The highest BCUT2D eigenvalue weighted by molar-refractivity contribution is 5.44. The molecule has 1 aliphatic carbocycles. The zero-order chi connectivity index (χ0) is 19.2. The molecule has 2 aromatic carbocycles. The van der Waals surface area contributed by atoms with Crippen molar-refractivity contribution < 1.29 is 0 Å². The lowest BCUT2D eigenvalue weighted by Crippen LogP contribution is -2.58. The van der Waals surface area contributed by atoms with E-state index in [9.17, 15) is 0 Å². The van der Waals surface area contributed by atoms with E-state index >= 15 is 0 Å². The highest BCUT2D eigenvalue weighted by Crippen LogP contribution is 2.49. The second-order valence-electron chi connectivity index (χ2n) is 10.1. The molecule has 27 heavy (non-hydrogen) atoms. The molecule has 2 bridgehead atoms. The van der Waals surface area contributed by atoms with E-state index in [2.05, 4.69) is 88.0 Å². The Morgan fingerprint density at radius 3 is 2.52 bits per heavy atom. The Bertz CT molecular complexity index is 801. The van der Waals surface area contributed by atoms with Crippen molar-refractivity contribution in [3.63, 3.8) is 0 Å². The monoisotopic (exact) mass is 361 g/mol. The third kappa shape index (κ3) is 3.36. The minimum Gasteiger partial charge on any atom is -0.299 e. The van der Waals surface area contributed by atoms with Gasteiger partial charge in [-0.25, -0.2) is 0 Å². The second kappa shape index (κ2) is 6.78. The molecule has 0 radical (unpaired) electrons. The van der Waals surface area contributed by atoms with Gasteiger partial charge in [-0.2, -0.15) is 0 Å². The maximum absolute atomic E-state index is 2.78. The summed E-state index contributed by atoms with van der Waals surface area (Å²) >= 11 is 0. The third-order valence-electron chi connectivity index (χ3n) is 7.52. The Hall–Kier alpha value is -1.60. The predicted molar refractivity (Wildman–Crippen MR) is 115 cm³/mol. The zero-order valence-corrected chi connectivity index (χ0v) is 17.8. The predicted octanol–water partition coefficient (Wildman–Crippen LogP) is 5.75. The van der Waals surface area contributed by atoms with Crippen LogP contribution in [0.2, 0.25) is 0 Å². The van der Waals surface area contributed by atoms with Gasteiger partial charge in [0.25, 0.3) is 0 Å². The fourth-order valence-corrected chi connectivity index (χ4v) is 5.37. The van der Waals surface area contributed by atoms with Crippen LogP contribution in [-0.4, -0.2) is 24.0 Å². The molecule has 3 atom stereocenters. The van der Waals surface area contributed by atoms with Gasteiger partial charge >= 0.3 is 0 Å². The molecule has 0 aromatic heterocycles. The smallest absolute Gasteiger partial charge is 0.0170 e. The van der Waals surface area contributed by atoms with Crippen molar-refractivity contribution in [2.75, 3.05) is 13.1 Å². The molecular formula is C26H35N. The molecule has 0 spiro atoms. The van der Waals surface area contributed by atoms with Crippen molar-refractivity contribution in [2.45, 2.75) is 70.8 Å². The first-order valence-electron chi connectivity index (χ1n) is 10.7. The molecule has 1 heteroatoms. The van der Waals surface area contributed by atoms with Crippen LogP contribution < -0.4 is 0 Å². The van der Waals surface area contributed by atoms with Gasteiger partial charge < -0.3 is 0 Å². The molecule has 0 amide bonds. The van der Waals surface area contributed by atoms with Crippen molar-refractivity contribution >= 4 is 0 Å². The van der Waals surface area contributed by atoms with Crippen molar-refractivity contribution in [1.29, 1.82) is 0 Å². The normalized spacial score (nSPS) is 28.0. The number of fused-ring (bicyclic) bond motifs is 4. The number of likely N-dealkylation sites (tertiary alicyclic amines) is 1. The lowest BCUT2D eigenvalue weighted by molar-refractivity contribution is 0.0322. The fraction of sp³-hybridized carbons (Fsp3) is 0.538. The topological polar surface area (TPSA) is 3.24 Å². The second-order valence-corrected chi connectivity index (χ2v) is 10.1. The van der Waals surface area contributed by atoms with Crippen LogP contribution in [0.15, 0.2) is 48.5 Å². The number of hydrogen-bond donors (Lipinski definition) is 0. The first-order valence-corrected chi connectivity index (χ1v) is 10.7. The molecule has 144 valence electrons. The van der Waals surface area contributed by atoms with Crippen molar-refractivity contribution in [2.24, 2.45) is 5.92 Å². The summed E-state index contributed by atoms with van der Waals surface area (Å²) in [7, 11) is 0. The number of rotatable bonds is 3. The van der Waals surface area contributed by atoms with Gasteiger partial charge in [0.2, 0.25) is 0 Å². The number of hydrogen-bond acceptors (Lipinski definition) is 1. The van der Waals surface area contributed by atoms with Crippen LogP contribution in [0.25, 0.3) is 0 Å². The Morgan fingerprint density at radius 1 is 1.07 bits per heavy atom. The standard InChI is InChI=1S/C26H35N/c1-19-24-17-21-11-12-22(25(2,3)4)18-23(21)26(19,5)14-16-27(24)15-13-20-9-7-6-8-10-20/h6-12,18-19,24H,13-17H2,1-5H3. The summed E-state index contributed by atoms with van der Waals surface area (Å²) in [4.78, 5) is 2.78. The zero-order valence-electron chi connectivity index (χ0n) is 17.8. The number of piperidine rings is 1. The van der Waals surface area contributed by atoms with E-state index in [-0.39, 0.29) is 5.41 Å². The fourth-order valence-electron chi connectivity index (χ4n) is 5.37. The summed E-state index contributed by atoms with van der Waals surface area (Å²) in [5, 5.41) is 0. The van der Waals surface area contributed by atoms with Gasteiger partial charge in [-0.3, -0.25) is 4.90 Å². The quantitative estimate of drug-likeness (QED) is 0.673. The summed E-state index contributed by atoms with van der Waals surface area (Å²) in [6.07, 6.45) is 3.65. The highest BCUT2D eigenvalue weighted by atomic mass is 15.2. The van der Waals surface area contributed by atoms with Crippen molar-refractivity contribution in [3.05, 3.63) is 70.8 Å². The molecule has 3 unspecified atom stereocenters. The van der Waals surface area contributed by atoms with Gasteiger partial charge in [-0.05, 0) is 64.8 Å². The highest BCUT2D eigenvalue weighted by Gasteiger charge is 2.48. The summed E-state index contributed by atoms with van der Waals surface area (Å²) < 4.78 is 0. The Labute approximate surface area is 165 Å². The molecule has 2 aliphatic rings. The van der Waals surface area contributed by atoms with Crippen LogP contribution in [0.4, 0.5) is 0 Å². The van der Waals surface area contributed by atoms with Crippen LogP contribution >= 0.6 is 0 Å². The molecule has 1 saturated heterocycles. The molecule has 1 nitrogen and oxygen atoms in total. The molecule has 1 aliphatic heterocycles. The first-order chi connectivity index (χ1) is 12.8. The lowest BCUT2D eigenvalue weighted by atomic mass is 9.58. The van der Waals surface area contributed by atoms with Gasteiger partial charge in [0.1, 0.15) is 0 Å². The van der Waals surface area contributed by atoms with Crippen LogP contribution in [-0.2, 0) is 23.7 Å². The molecule has 2 aromatic rings. The number of benzene rings is 2. The van der Waals surface area contributed by atoms with Crippen LogP contribution in [0.5, 0.6) is 0 Å². The number of nitrogens with zero attached hydrogens (tertiary/aromatic N) is 1. The molecule has 4 rings (SSSR count).